The smallest absolute Gasteiger partial charge is 0.251 e. The summed E-state index contributed by atoms with van der Waals surface area (Å²) < 4.78 is 1.18. The summed E-state index contributed by atoms with van der Waals surface area (Å²) in [7, 11) is 0. The molecule has 0 saturated heterocycles. The van der Waals surface area contributed by atoms with Gasteiger partial charge >= 0.3 is 4.87 Å². The molecule has 0 aliphatic carbocycles. The molecule has 0 bridgehead atoms. The minimum Gasteiger partial charge on any atom is -0.251 e. The number of nitro groups is 1. The van der Waals surface area contributed by atoms with Crippen LogP contribution in [0.5, 0.6) is 0 Å². The Hall–Kier alpha value is -1.69. The van der Waals surface area contributed by atoms with Gasteiger partial charge in [-0.2, -0.15) is 0 Å². The molecule has 66 valence electrons. The van der Waals surface area contributed by atoms with E-state index in [1.165, 1.54) is 0 Å². The molecule has 0 spiro atoms. The Morgan fingerprint density at radius 1 is 1.38 bits per heavy atom. The molecular weight excluding hydrogens is 192 g/mol. The summed E-state index contributed by atoms with van der Waals surface area (Å²) in [5.41, 5.74) is 0.350. The van der Waals surface area contributed by atoms with Crippen molar-refractivity contribution in [3.63, 3.8) is 0 Å². The van der Waals surface area contributed by atoms with Gasteiger partial charge in [-0.15, -0.1) is 0 Å². The molecule has 1 heterocycles. The molecular formula is C7H4N2O3S. The van der Waals surface area contributed by atoms with Gasteiger partial charge < -0.3 is 0 Å². The van der Waals surface area contributed by atoms with E-state index in [-0.39, 0.29) is 0 Å². The third-order valence-corrected chi connectivity index (χ3v) is 2.54. The average molecular weight is 196 g/mol. The van der Waals surface area contributed by atoms with E-state index in [0.717, 1.165) is 11.3 Å². The van der Waals surface area contributed by atoms with Crippen molar-refractivity contribution in [1.82, 2.24) is 4.68 Å². The molecule has 1 aromatic heterocycles. The summed E-state index contributed by atoms with van der Waals surface area (Å²) in [6, 6.07) is 6.63. The van der Waals surface area contributed by atoms with Crippen molar-refractivity contribution >= 4 is 21.6 Å². The minimum atomic E-state index is -0.707. The Bertz CT molecular complexity index is 528. The van der Waals surface area contributed by atoms with E-state index < -0.39 is 9.91 Å². The van der Waals surface area contributed by atoms with Crippen LogP contribution in [0.2, 0.25) is 0 Å². The molecule has 6 heteroatoms. The Labute approximate surface area is 76.0 Å². The maximum Gasteiger partial charge on any atom is 0.368 e. The Kier molecular flexibility index (Phi) is 1.63. The van der Waals surface area contributed by atoms with Crippen molar-refractivity contribution in [1.29, 1.82) is 0 Å². The number of para-hydroxylation sites is 1. The highest BCUT2D eigenvalue weighted by molar-refractivity contribution is 7.16. The third kappa shape index (κ3) is 1.11. The largest absolute Gasteiger partial charge is 0.368 e. The number of thiazole rings is 1. The molecule has 0 aliphatic rings. The van der Waals surface area contributed by atoms with Crippen LogP contribution in [0, 0.1) is 10.1 Å². The lowest BCUT2D eigenvalue weighted by molar-refractivity contribution is -0.539. The first-order chi connectivity index (χ1) is 6.20. The molecule has 0 saturated carbocycles. The van der Waals surface area contributed by atoms with Gasteiger partial charge in [0.05, 0.1) is 4.70 Å². The lowest BCUT2D eigenvalue weighted by atomic mass is 10.3. The van der Waals surface area contributed by atoms with Crippen LogP contribution < -0.4 is 4.87 Å². The molecule has 13 heavy (non-hydrogen) atoms. The summed E-state index contributed by atoms with van der Waals surface area (Å²) in [6.07, 6.45) is 0. The Morgan fingerprint density at radius 2 is 2.08 bits per heavy atom. The number of nitrogens with zero attached hydrogens (tertiary/aromatic N) is 2. The SMILES string of the molecule is O=c1sc2ccccc2n1[N+](=O)[O-]. The van der Waals surface area contributed by atoms with E-state index in [0.29, 0.717) is 14.9 Å². The van der Waals surface area contributed by atoms with Gasteiger partial charge in [0, 0.05) is 0 Å². The monoisotopic (exact) mass is 196 g/mol. The molecule has 0 unspecified atom stereocenters. The third-order valence-electron chi connectivity index (χ3n) is 1.63. The van der Waals surface area contributed by atoms with Crippen LogP contribution in [-0.4, -0.2) is 9.71 Å². The second-order valence-electron chi connectivity index (χ2n) is 2.39. The molecule has 0 fully saturated rings. The van der Waals surface area contributed by atoms with E-state index in [4.69, 9.17) is 0 Å². The van der Waals surface area contributed by atoms with Crippen LogP contribution in [0.25, 0.3) is 10.2 Å². The Morgan fingerprint density at radius 3 is 2.77 bits per heavy atom. The van der Waals surface area contributed by atoms with E-state index in [2.05, 4.69) is 0 Å². The molecule has 2 rings (SSSR count). The van der Waals surface area contributed by atoms with Gasteiger partial charge in [0.15, 0.2) is 5.03 Å². The van der Waals surface area contributed by atoms with Gasteiger partial charge in [-0.1, -0.05) is 23.5 Å². The molecule has 1 aromatic carbocycles. The van der Waals surface area contributed by atoms with Gasteiger partial charge in [-0.25, -0.2) is 10.1 Å². The van der Waals surface area contributed by atoms with Crippen LogP contribution >= 0.6 is 11.3 Å². The first kappa shape index (κ1) is 7.93. The quantitative estimate of drug-likeness (QED) is 0.506. The predicted octanol–water partition coefficient (Wildman–Crippen LogP) is 1.10. The van der Waals surface area contributed by atoms with Gasteiger partial charge in [0.2, 0.25) is 0 Å². The van der Waals surface area contributed by atoms with Crippen molar-refractivity contribution in [2.24, 2.45) is 0 Å². The number of hydrogen-bond donors (Lipinski definition) is 0. The predicted molar refractivity (Wildman–Crippen MR) is 48.5 cm³/mol. The second kappa shape index (κ2) is 2.67. The first-order valence-corrected chi connectivity index (χ1v) is 4.27. The number of rotatable bonds is 1. The summed E-state index contributed by atoms with van der Waals surface area (Å²) in [6.45, 7) is 0. The van der Waals surface area contributed by atoms with Crippen molar-refractivity contribution in [2.45, 2.75) is 0 Å². The van der Waals surface area contributed by atoms with Gasteiger partial charge in [0.25, 0.3) is 0 Å². The van der Waals surface area contributed by atoms with Crippen LogP contribution in [0.15, 0.2) is 29.1 Å². The van der Waals surface area contributed by atoms with Crippen LogP contribution in [0.1, 0.15) is 0 Å². The highest BCUT2D eigenvalue weighted by Crippen LogP contribution is 2.15. The molecule has 2 aromatic rings. The summed E-state index contributed by atoms with van der Waals surface area (Å²) in [5.74, 6) is 0. The van der Waals surface area contributed by atoms with Crippen molar-refractivity contribution < 1.29 is 5.03 Å². The average Bonchev–Trinajstić information content (AvgIpc) is 2.39. The molecule has 0 amide bonds. The fourth-order valence-electron chi connectivity index (χ4n) is 1.11. The zero-order valence-corrected chi connectivity index (χ0v) is 7.15. The highest BCUT2D eigenvalue weighted by Gasteiger charge is 2.14. The molecule has 5 nitrogen and oxygen atoms in total. The maximum absolute atomic E-state index is 11.1. The summed E-state index contributed by atoms with van der Waals surface area (Å²) in [5, 5.41) is 9.76. The topological polar surface area (TPSA) is 65.1 Å². The fraction of sp³-hybridized carbons (Fsp3) is 0. The maximum atomic E-state index is 11.1. The lowest BCUT2D eigenvalue weighted by Crippen LogP contribution is -2.20. The lowest BCUT2D eigenvalue weighted by Gasteiger charge is -1.89. The number of aromatic nitrogens is 1. The second-order valence-corrected chi connectivity index (χ2v) is 3.38. The van der Waals surface area contributed by atoms with Crippen LogP contribution in [0.3, 0.4) is 0 Å². The Balaban J connectivity index is 2.95. The number of fused-ring (bicyclic) bond motifs is 1. The van der Waals surface area contributed by atoms with E-state index in [9.17, 15) is 14.9 Å². The highest BCUT2D eigenvalue weighted by atomic mass is 32.1. The molecule has 0 atom stereocenters. The van der Waals surface area contributed by atoms with E-state index in [1.54, 1.807) is 24.3 Å². The van der Waals surface area contributed by atoms with E-state index in [1.807, 2.05) is 0 Å². The number of benzene rings is 1. The van der Waals surface area contributed by atoms with Gasteiger partial charge in [-0.05, 0) is 16.8 Å². The zero-order chi connectivity index (χ0) is 9.42. The van der Waals surface area contributed by atoms with Crippen molar-refractivity contribution in [3.05, 3.63) is 44.0 Å². The fourth-order valence-corrected chi connectivity index (χ4v) is 1.95. The minimum absolute atomic E-state index is 0.350. The normalized spacial score (nSPS) is 10.5. The molecule has 0 radical (unpaired) electrons. The number of hydrogen-bond acceptors (Lipinski definition) is 4. The van der Waals surface area contributed by atoms with Crippen LogP contribution in [-0.2, 0) is 0 Å². The van der Waals surface area contributed by atoms with Crippen molar-refractivity contribution in [3.8, 4) is 0 Å². The van der Waals surface area contributed by atoms with Crippen LogP contribution in [0.4, 0.5) is 0 Å². The van der Waals surface area contributed by atoms with Gasteiger partial charge in [0.1, 0.15) is 5.52 Å². The van der Waals surface area contributed by atoms with E-state index >= 15 is 0 Å². The summed E-state index contributed by atoms with van der Waals surface area (Å²) in [4.78, 5) is 21.0. The van der Waals surface area contributed by atoms with Crippen molar-refractivity contribution in [2.75, 3.05) is 0 Å². The standard InChI is InChI=1S/C7H4N2O3S/c10-7-8(9(11)12)5-3-1-2-4-6(5)13-7/h1-4H. The van der Waals surface area contributed by atoms with Gasteiger partial charge in [-0.3, -0.25) is 4.79 Å². The molecule has 0 N–H and O–H groups in total. The molecule has 0 aliphatic heterocycles. The first-order valence-electron chi connectivity index (χ1n) is 3.45. The summed E-state index contributed by atoms with van der Waals surface area (Å²) >= 11 is 0.873. The zero-order valence-electron chi connectivity index (χ0n) is 6.34.